The molecule has 0 spiro atoms. The van der Waals surface area contributed by atoms with Crippen molar-refractivity contribution < 1.29 is 9.53 Å². The number of nitrogens with one attached hydrogen (secondary N) is 1. The highest BCUT2D eigenvalue weighted by Crippen LogP contribution is 2.21. The Hall–Kier alpha value is -1.81. The lowest BCUT2D eigenvalue weighted by Crippen LogP contribution is -2.04. The van der Waals surface area contributed by atoms with Gasteiger partial charge in [-0.25, -0.2) is 4.79 Å². The van der Waals surface area contributed by atoms with E-state index in [2.05, 4.69) is 24.4 Å². The van der Waals surface area contributed by atoms with E-state index in [9.17, 15) is 4.79 Å². The van der Waals surface area contributed by atoms with E-state index >= 15 is 0 Å². The molecule has 2 rings (SSSR count). The van der Waals surface area contributed by atoms with Gasteiger partial charge in [0.05, 0.1) is 12.7 Å². The Morgan fingerprint density at radius 2 is 2.00 bits per heavy atom. The van der Waals surface area contributed by atoms with Crippen LogP contribution >= 0.6 is 11.3 Å². The Bertz CT molecular complexity index is 604. The molecule has 0 aliphatic carbocycles. The summed E-state index contributed by atoms with van der Waals surface area (Å²) in [4.78, 5) is 14.2. The molecule has 0 radical (unpaired) electrons. The fourth-order valence-corrected chi connectivity index (χ4v) is 2.84. The number of carbonyl (C=O) groups is 1. The van der Waals surface area contributed by atoms with Gasteiger partial charge in [-0.05, 0) is 43.2 Å². The Kier molecular flexibility index (Phi) is 4.79. The summed E-state index contributed by atoms with van der Waals surface area (Å²) in [5.74, 6) is -0.308. The number of aryl methyl sites for hydroxylation is 2. The molecule has 3 nitrogen and oxygen atoms in total. The first-order valence-corrected chi connectivity index (χ1v) is 7.46. The topological polar surface area (TPSA) is 38.3 Å². The standard InChI is InChI=1S/C16H19NO2S/c1-4-13-7-8-14(20-13)10-17-15-9-12(16(18)19-3)6-5-11(15)2/h5-9,17H,4,10H2,1-3H3. The minimum atomic E-state index is -0.308. The second kappa shape index (κ2) is 6.57. The van der Waals surface area contributed by atoms with Crippen LogP contribution in [-0.2, 0) is 17.7 Å². The quantitative estimate of drug-likeness (QED) is 0.845. The van der Waals surface area contributed by atoms with Gasteiger partial charge in [-0.3, -0.25) is 0 Å². The van der Waals surface area contributed by atoms with Crippen LogP contribution in [0.4, 0.5) is 5.69 Å². The molecular weight excluding hydrogens is 270 g/mol. The molecule has 1 aromatic heterocycles. The average molecular weight is 289 g/mol. The molecule has 4 heteroatoms. The molecule has 0 aliphatic heterocycles. The third kappa shape index (κ3) is 3.39. The average Bonchev–Trinajstić information content (AvgIpc) is 2.93. The van der Waals surface area contributed by atoms with E-state index in [1.54, 1.807) is 6.07 Å². The molecule has 0 saturated carbocycles. The fraction of sp³-hybridized carbons (Fsp3) is 0.312. The highest BCUT2D eigenvalue weighted by atomic mass is 32.1. The number of esters is 1. The van der Waals surface area contributed by atoms with Crippen LogP contribution < -0.4 is 5.32 Å². The maximum Gasteiger partial charge on any atom is 0.337 e. The van der Waals surface area contributed by atoms with Crippen molar-refractivity contribution in [2.45, 2.75) is 26.8 Å². The van der Waals surface area contributed by atoms with Crippen LogP contribution in [0.15, 0.2) is 30.3 Å². The van der Waals surface area contributed by atoms with Crippen molar-refractivity contribution in [1.82, 2.24) is 0 Å². The molecular formula is C16H19NO2S. The Labute approximate surface area is 123 Å². The number of hydrogen-bond donors (Lipinski definition) is 1. The third-order valence-corrected chi connectivity index (χ3v) is 4.41. The van der Waals surface area contributed by atoms with Gasteiger partial charge < -0.3 is 10.1 Å². The lowest BCUT2D eigenvalue weighted by Gasteiger charge is -2.10. The molecule has 0 bridgehead atoms. The summed E-state index contributed by atoms with van der Waals surface area (Å²) in [6.45, 7) is 4.96. The van der Waals surface area contributed by atoms with Crippen LogP contribution in [0, 0.1) is 6.92 Å². The predicted octanol–water partition coefficient (Wildman–Crippen LogP) is 4.02. The maximum absolute atomic E-state index is 11.5. The predicted molar refractivity (Wildman–Crippen MR) is 83.5 cm³/mol. The van der Waals surface area contributed by atoms with E-state index < -0.39 is 0 Å². The molecule has 0 unspecified atom stereocenters. The van der Waals surface area contributed by atoms with Crippen molar-refractivity contribution in [1.29, 1.82) is 0 Å². The summed E-state index contributed by atoms with van der Waals surface area (Å²) in [6, 6.07) is 9.87. The summed E-state index contributed by atoms with van der Waals surface area (Å²) in [5, 5.41) is 3.39. The summed E-state index contributed by atoms with van der Waals surface area (Å²) < 4.78 is 4.75. The normalized spacial score (nSPS) is 10.3. The second-order valence-electron chi connectivity index (χ2n) is 4.60. The number of ether oxygens (including phenoxy) is 1. The molecule has 0 atom stereocenters. The van der Waals surface area contributed by atoms with Crippen molar-refractivity contribution >= 4 is 23.0 Å². The van der Waals surface area contributed by atoms with Crippen LogP contribution in [0.3, 0.4) is 0 Å². The molecule has 106 valence electrons. The Morgan fingerprint density at radius 1 is 1.25 bits per heavy atom. The highest BCUT2D eigenvalue weighted by molar-refractivity contribution is 7.12. The van der Waals surface area contributed by atoms with Gasteiger partial charge in [0.2, 0.25) is 0 Å². The van der Waals surface area contributed by atoms with Crippen LogP contribution in [0.25, 0.3) is 0 Å². The van der Waals surface area contributed by atoms with Crippen molar-refractivity contribution in [2.75, 3.05) is 12.4 Å². The molecule has 2 aromatic rings. The lowest BCUT2D eigenvalue weighted by molar-refractivity contribution is 0.0601. The smallest absolute Gasteiger partial charge is 0.337 e. The summed E-state index contributed by atoms with van der Waals surface area (Å²) in [7, 11) is 1.40. The molecule has 1 heterocycles. The number of rotatable bonds is 5. The van der Waals surface area contributed by atoms with E-state index in [0.29, 0.717) is 5.56 Å². The first-order valence-electron chi connectivity index (χ1n) is 6.64. The number of benzene rings is 1. The van der Waals surface area contributed by atoms with Gasteiger partial charge in [0.25, 0.3) is 0 Å². The van der Waals surface area contributed by atoms with E-state index in [1.165, 1.54) is 16.9 Å². The monoisotopic (exact) mass is 289 g/mol. The number of hydrogen-bond acceptors (Lipinski definition) is 4. The minimum absolute atomic E-state index is 0.308. The molecule has 0 fully saturated rings. The maximum atomic E-state index is 11.5. The van der Waals surface area contributed by atoms with E-state index in [1.807, 2.05) is 30.4 Å². The molecule has 20 heavy (non-hydrogen) atoms. The van der Waals surface area contributed by atoms with Crippen molar-refractivity contribution in [3.05, 3.63) is 51.2 Å². The number of thiophene rings is 1. The molecule has 1 aromatic carbocycles. The summed E-state index contributed by atoms with van der Waals surface area (Å²) in [5.41, 5.74) is 2.66. The molecule has 0 aliphatic rings. The zero-order valence-corrected chi connectivity index (χ0v) is 12.8. The Morgan fingerprint density at radius 3 is 2.65 bits per heavy atom. The van der Waals surface area contributed by atoms with Gasteiger partial charge in [0, 0.05) is 22.0 Å². The zero-order valence-electron chi connectivity index (χ0n) is 12.0. The van der Waals surface area contributed by atoms with Gasteiger partial charge in [0.15, 0.2) is 0 Å². The SMILES string of the molecule is CCc1ccc(CNc2cc(C(=O)OC)ccc2C)s1. The Balaban J connectivity index is 2.10. The van der Waals surface area contributed by atoms with Crippen LogP contribution in [-0.4, -0.2) is 13.1 Å². The van der Waals surface area contributed by atoms with Crippen LogP contribution in [0.2, 0.25) is 0 Å². The molecule has 1 N–H and O–H groups in total. The lowest BCUT2D eigenvalue weighted by atomic mass is 10.1. The van der Waals surface area contributed by atoms with E-state index in [4.69, 9.17) is 4.74 Å². The van der Waals surface area contributed by atoms with Gasteiger partial charge in [-0.2, -0.15) is 0 Å². The highest BCUT2D eigenvalue weighted by Gasteiger charge is 2.08. The van der Waals surface area contributed by atoms with Crippen molar-refractivity contribution in [2.24, 2.45) is 0 Å². The van der Waals surface area contributed by atoms with E-state index in [0.717, 1.165) is 24.2 Å². The van der Waals surface area contributed by atoms with Crippen LogP contribution in [0.1, 0.15) is 32.6 Å². The first kappa shape index (κ1) is 14.6. The number of anilines is 1. The number of methoxy groups -OCH3 is 1. The van der Waals surface area contributed by atoms with Crippen molar-refractivity contribution in [3.63, 3.8) is 0 Å². The second-order valence-corrected chi connectivity index (χ2v) is 5.85. The first-order chi connectivity index (χ1) is 9.63. The molecule has 0 amide bonds. The van der Waals surface area contributed by atoms with Gasteiger partial charge in [0.1, 0.15) is 0 Å². The van der Waals surface area contributed by atoms with Crippen molar-refractivity contribution in [3.8, 4) is 0 Å². The van der Waals surface area contributed by atoms with Gasteiger partial charge in [-0.1, -0.05) is 13.0 Å². The summed E-state index contributed by atoms with van der Waals surface area (Å²) in [6.07, 6.45) is 1.07. The third-order valence-electron chi connectivity index (χ3n) is 3.18. The minimum Gasteiger partial charge on any atom is -0.465 e. The molecule has 0 saturated heterocycles. The van der Waals surface area contributed by atoms with Crippen LogP contribution in [0.5, 0.6) is 0 Å². The zero-order chi connectivity index (χ0) is 14.5. The number of carbonyl (C=O) groups excluding carboxylic acids is 1. The van der Waals surface area contributed by atoms with Gasteiger partial charge >= 0.3 is 5.97 Å². The fourth-order valence-electron chi connectivity index (χ4n) is 1.95. The van der Waals surface area contributed by atoms with E-state index in [-0.39, 0.29) is 5.97 Å². The summed E-state index contributed by atoms with van der Waals surface area (Å²) >= 11 is 1.82. The van der Waals surface area contributed by atoms with Gasteiger partial charge in [-0.15, -0.1) is 11.3 Å². The largest absolute Gasteiger partial charge is 0.465 e.